The molecule has 0 saturated carbocycles. The van der Waals surface area contributed by atoms with E-state index in [1.807, 2.05) is 0 Å². The van der Waals surface area contributed by atoms with Crippen LogP contribution in [0.4, 0.5) is 13.2 Å². The summed E-state index contributed by atoms with van der Waals surface area (Å²) in [6, 6.07) is -0.0702. The van der Waals surface area contributed by atoms with E-state index in [1.54, 1.807) is 13.8 Å². The van der Waals surface area contributed by atoms with Crippen LogP contribution in [-0.2, 0) is 19.7 Å². The van der Waals surface area contributed by atoms with E-state index in [1.165, 1.54) is 11.6 Å². The van der Waals surface area contributed by atoms with Gasteiger partial charge in [-0.15, -0.1) is 5.06 Å². The van der Waals surface area contributed by atoms with Crippen LogP contribution in [0.25, 0.3) is 0 Å². The zero-order valence-corrected chi connectivity index (χ0v) is 13.6. The molecule has 8 nitrogen and oxygen atoms in total. The molecular weight excluding hydrogens is 341 g/mol. The van der Waals surface area contributed by atoms with Gasteiger partial charge in [0.1, 0.15) is 0 Å². The van der Waals surface area contributed by atoms with Crippen molar-refractivity contribution in [3.05, 3.63) is 11.8 Å². The van der Waals surface area contributed by atoms with Crippen molar-refractivity contribution in [3.8, 4) is 0 Å². The first-order valence-corrected chi connectivity index (χ1v) is 7.94. The molecule has 0 radical (unpaired) electrons. The SMILES string of the molecule is CC(c1cc(S(N)(=O)=O)nn1C(C)C)N(C)OC(=O)C(F)(F)F. The van der Waals surface area contributed by atoms with Crippen LogP contribution in [0.15, 0.2) is 11.1 Å². The quantitative estimate of drug-likeness (QED) is 0.791. The lowest BCUT2D eigenvalue weighted by Gasteiger charge is -2.25. The second-order valence-corrected chi connectivity index (χ2v) is 6.60. The second-order valence-electron chi connectivity index (χ2n) is 5.09. The molecule has 1 aromatic rings. The molecule has 0 aliphatic rings. The normalized spacial score (nSPS) is 14.3. The van der Waals surface area contributed by atoms with Gasteiger partial charge in [0.2, 0.25) is 0 Å². The van der Waals surface area contributed by atoms with Gasteiger partial charge in [0, 0.05) is 19.2 Å². The number of carbonyl (C=O) groups excluding carboxylic acids is 1. The van der Waals surface area contributed by atoms with Crippen molar-refractivity contribution in [1.29, 1.82) is 0 Å². The lowest BCUT2D eigenvalue weighted by atomic mass is 10.2. The van der Waals surface area contributed by atoms with E-state index in [0.717, 1.165) is 13.1 Å². The number of aromatic nitrogens is 2. The third kappa shape index (κ3) is 4.65. The zero-order chi connectivity index (χ0) is 18.2. The number of rotatable bonds is 5. The molecule has 0 aromatic carbocycles. The van der Waals surface area contributed by atoms with E-state index in [4.69, 9.17) is 5.14 Å². The van der Waals surface area contributed by atoms with E-state index in [2.05, 4.69) is 9.94 Å². The standard InChI is InChI=1S/C11H17F3N4O4S/c1-6(2)18-8(5-9(16-18)23(15,20)21)7(3)17(4)22-10(19)11(12,13)14/h5-7H,1-4H3,(H2,15,20,21). The maximum atomic E-state index is 12.2. The molecule has 1 atom stereocenters. The van der Waals surface area contributed by atoms with Crippen LogP contribution < -0.4 is 5.14 Å². The van der Waals surface area contributed by atoms with Gasteiger partial charge in [-0.1, -0.05) is 0 Å². The van der Waals surface area contributed by atoms with Crippen LogP contribution in [0.3, 0.4) is 0 Å². The molecule has 0 amide bonds. The fraction of sp³-hybridized carbons (Fsp3) is 0.636. The summed E-state index contributed by atoms with van der Waals surface area (Å²) in [7, 11) is -2.97. The molecule has 1 heterocycles. The Morgan fingerprint density at radius 1 is 1.39 bits per heavy atom. The molecule has 12 heteroatoms. The minimum absolute atomic E-state index is 0.224. The number of carbonyl (C=O) groups is 1. The van der Waals surface area contributed by atoms with Gasteiger partial charge in [0.15, 0.2) is 5.03 Å². The van der Waals surface area contributed by atoms with Crippen molar-refractivity contribution in [3.63, 3.8) is 0 Å². The molecule has 0 aliphatic carbocycles. The van der Waals surface area contributed by atoms with Gasteiger partial charge < -0.3 is 4.84 Å². The molecule has 0 saturated heterocycles. The molecule has 1 aromatic heterocycles. The van der Waals surface area contributed by atoms with E-state index >= 15 is 0 Å². The van der Waals surface area contributed by atoms with E-state index < -0.39 is 33.2 Å². The summed E-state index contributed by atoms with van der Waals surface area (Å²) >= 11 is 0. The third-order valence-corrected chi connectivity index (χ3v) is 3.74. The van der Waals surface area contributed by atoms with Crippen molar-refractivity contribution in [1.82, 2.24) is 14.8 Å². The first kappa shape index (κ1) is 19.4. The molecule has 2 N–H and O–H groups in total. The minimum Gasteiger partial charge on any atom is -0.360 e. The van der Waals surface area contributed by atoms with Crippen molar-refractivity contribution in [2.24, 2.45) is 5.14 Å². The highest BCUT2D eigenvalue weighted by molar-refractivity contribution is 7.89. The first-order chi connectivity index (χ1) is 10.2. The number of hydrogen-bond donors (Lipinski definition) is 1. The molecule has 1 rings (SSSR count). The molecule has 1 unspecified atom stereocenters. The van der Waals surface area contributed by atoms with E-state index in [9.17, 15) is 26.4 Å². The highest BCUT2D eigenvalue weighted by Gasteiger charge is 2.43. The fourth-order valence-corrected chi connectivity index (χ4v) is 2.18. The fourth-order valence-electron chi connectivity index (χ4n) is 1.70. The largest absolute Gasteiger partial charge is 0.492 e. The smallest absolute Gasteiger partial charge is 0.360 e. The summed E-state index contributed by atoms with van der Waals surface area (Å²) in [4.78, 5) is 15.1. The number of alkyl halides is 3. The van der Waals surface area contributed by atoms with Crippen molar-refractivity contribution in [2.45, 2.75) is 44.1 Å². The molecule has 0 bridgehead atoms. The van der Waals surface area contributed by atoms with E-state index in [0.29, 0.717) is 5.06 Å². The average molecular weight is 358 g/mol. The summed E-state index contributed by atoms with van der Waals surface area (Å²) in [5, 5.41) is 9.07. The monoisotopic (exact) mass is 358 g/mol. The third-order valence-electron chi connectivity index (χ3n) is 2.95. The number of primary sulfonamides is 1. The summed E-state index contributed by atoms with van der Waals surface area (Å²) < 4.78 is 60.7. The summed E-state index contributed by atoms with van der Waals surface area (Å²) in [5.41, 5.74) is 0.224. The minimum atomic E-state index is -5.14. The Labute approximate surface area is 131 Å². The van der Waals surface area contributed by atoms with Crippen LogP contribution in [0.2, 0.25) is 0 Å². The Hall–Kier alpha value is -1.66. The number of nitrogens with two attached hydrogens (primary N) is 1. The van der Waals surface area contributed by atoms with Crippen LogP contribution in [-0.4, -0.2) is 42.5 Å². The maximum absolute atomic E-state index is 12.2. The lowest BCUT2D eigenvalue weighted by Crippen LogP contribution is -2.34. The molecular formula is C11H17F3N4O4S. The number of hydroxylamine groups is 2. The van der Waals surface area contributed by atoms with Gasteiger partial charge in [-0.2, -0.15) is 18.3 Å². The predicted octanol–water partition coefficient (Wildman–Crippen LogP) is 1.12. The summed E-state index contributed by atoms with van der Waals surface area (Å²) in [6.45, 7) is 4.81. The van der Waals surface area contributed by atoms with Crippen LogP contribution in [0.1, 0.15) is 38.5 Å². The predicted molar refractivity (Wildman–Crippen MR) is 72.3 cm³/mol. The zero-order valence-electron chi connectivity index (χ0n) is 12.8. The maximum Gasteiger partial charge on any atom is 0.492 e. The molecule has 23 heavy (non-hydrogen) atoms. The summed E-state index contributed by atoms with van der Waals surface area (Å²) in [6.07, 6.45) is -5.14. The first-order valence-electron chi connectivity index (χ1n) is 6.39. The Morgan fingerprint density at radius 2 is 1.91 bits per heavy atom. The second kappa shape index (κ2) is 6.45. The molecule has 0 aliphatic heterocycles. The lowest BCUT2D eigenvalue weighted by molar-refractivity contribution is -0.240. The van der Waals surface area contributed by atoms with Gasteiger partial charge in [-0.3, -0.25) is 4.68 Å². The summed E-state index contributed by atoms with van der Waals surface area (Å²) in [5.74, 6) is -2.38. The van der Waals surface area contributed by atoms with Crippen molar-refractivity contribution < 1.29 is 31.2 Å². The Balaban J connectivity index is 3.14. The van der Waals surface area contributed by atoms with Gasteiger partial charge in [0.25, 0.3) is 10.0 Å². The van der Waals surface area contributed by atoms with Crippen LogP contribution in [0.5, 0.6) is 0 Å². The van der Waals surface area contributed by atoms with Crippen LogP contribution in [0, 0.1) is 0 Å². The Kier molecular flexibility index (Phi) is 5.44. The number of hydrogen-bond acceptors (Lipinski definition) is 6. The topological polar surface area (TPSA) is 108 Å². The molecule has 132 valence electrons. The van der Waals surface area contributed by atoms with Gasteiger partial charge in [0.05, 0.1) is 11.7 Å². The van der Waals surface area contributed by atoms with Gasteiger partial charge >= 0.3 is 12.1 Å². The highest BCUT2D eigenvalue weighted by Crippen LogP contribution is 2.26. The molecule has 0 spiro atoms. The average Bonchev–Trinajstić information content (AvgIpc) is 2.81. The number of sulfonamides is 1. The number of nitrogens with zero attached hydrogens (tertiary/aromatic N) is 3. The van der Waals surface area contributed by atoms with E-state index in [-0.39, 0.29) is 11.7 Å². The number of halogens is 3. The van der Waals surface area contributed by atoms with Gasteiger partial charge in [-0.25, -0.2) is 18.4 Å². The van der Waals surface area contributed by atoms with Crippen molar-refractivity contribution >= 4 is 16.0 Å². The van der Waals surface area contributed by atoms with Gasteiger partial charge in [-0.05, 0) is 20.8 Å². The van der Waals surface area contributed by atoms with Crippen LogP contribution >= 0.6 is 0 Å². The van der Waals surface area contributed by atoms with Crippen molar-refractivity contribution in [2.75, 3.05) is 7.05 Å². The Morgan fingerprint density at radius 3 is 2.30 bits per heavy atom. The Bertz CT molecular complexity index is 684. The highest BCUT2D eigenvalue weighted by atomic mass is 32.2. The molecule has 0 fully saturated rings.